The summed E-state index contributed by atoms with van der Waals surface area (Å²) in [5.41, 5.74) is 9.14. The van der Waals surface area contributed by atoms with E-state index in [4.69, 9.17) is 0 Å². The van der Waals surface area contributed by atoms with Gasteiger partial charge in [-0.3, -0.25) is 0 Å². The first kappa shape index (κ1) is 14.3. The van der Waals surface area contributed by atoms with Crippen molar-refractivity contribution in [3.63, 3.8) is 0 Å². The SMILES string of the molecule is CC[CH]=[Zr][CH]1c2ccccc2-c2cccc(C3=CC=CC3)c21. The standard InChI is InChI=1S/C18H13.C3H6.Zr/c1-2-7-13(6-1)15-10-5-11-17-16-9-4-3-8-14(16)12-18(15)17;1-3-2;/h1-6,8-12H,7H2;1H,3H2,2H3;. The van der Waals surface area contributed by atoms with E-state index in [9.17, 15) is 0 Å². The monoisotopic (exact) mass is 361 g/mol. The number of hydrogen-bond donors (Lipinski definition) is 0. The molecule has 0 bridgehead atoms. The summed E-state index contributed by atoms with van der Waals surface area (Å²) in [6.45, 7) is 2.28. The van der Waals surface area contributed by atoms with Gasteiger partial charge in [0, 0.05) is 0 Å². The number of benzene rings is 2. The van der Waals surface area contributed by atoms with Crippen LogP contribution in [0.25, 0.3) is 16.7 Å². The van der Waals surface area contributed by atoms with Crippen LogP contribution >= 0.6 is 0 Å². The molecule has 2 aromatic rings. The van der Waals surface area contributed by atoms with E-state index in [0.717, 1.165) is 6.42 Å². The number of hydrogen-bond acceptors (Lipinski definition) is 0. The van der Waals surface area contributed by atoms with Gasteiger partial charge in [0.25, 0.3) is 0 Å². The predicted molar refractivity (Wildman–Crippen MR) is 91.8 cm³/mol. The average molecular weight is 363 g/mol. The Bertz CT molecular complexity index is 808. The van der Waals surface area contributed by atoms with Gasteiger partial charge in [0.05, 0.1) is 0 Å². The van der Waals surface area contributed by atoms with Crippen LogP contribution in [0.4, 0.5) is 0 Å². The first-order valence-corrected chi connectivity index (χ1v) is 10.9. The summed E-state index contributed by atoms with van der Waals surface area (Å²) in [5, 5.41) is 0. The van der Waals surface area contributed by atoms with E-state index in [2.05, 4.69) is 71.3 Å². The second kappa shape index (κ2) is 6.05. The average Bonchev–Trinajstić information content (AvgIpc) is 3.19. The van der Waals surface area contributed by atoms with E-state index in [0.29, 0.717) is 3.63 Å². The molecule has 1 atom stereocenters. The Labute approximate surface area is 143 Å². The number of fused-ring (bicyclic) bond motifs is 3. The Morgan fingerprint density at radius 2 is 1.86 bits per heavy atom. The van der Waals surface area contributed by atoms with Crippen molar-refractivity contribution in [1.82, 2.24) is 0 Å². The van der Waals surface area contributed by atoms with Crippen LogP contribution in [-0.4, -0.2) is 3.71 Å². The topological polar surface area (TPSA) is 0 Å². The maximum atomic E-state index is 2.60. The molecule has 2 aliphatic rings. The molecule has 0 radical (unpaired) electrons. The first-order chi connectivity index (χ1) is 10.9. The maximum absolute atomic E-state index is 2.60. The van der Waals surface area contributed by atoms with Gasteiger partial charge in [0.15, 0.2) is 0 Å². The van der Waals surface area contributed by atoms with Crippen LogP contribution in [-0.2, 0) is 22.8 Å². The summed E-state index contributed by atoms with van der Waals surface area (Å²) in [6, 6.07) is 16.0. The van der Waals surface area contributed by atoms with E-state index in [1.54, 1.807) is 11.1 Å². The van der Waals surface area contributed by atoms with Gasteiger partial charge >= 0.3 is 144 Å². The predicted octanol–water partition coefficient (Wildman–Crippen LogP) is 5.39. The van der Waals surface area contributed by atoms with Crippen LogP contribution in [0.2, 0.25) is 0 Å². The van der Waals surface area contributed by atoms with E-state index < -0.39 is 22.8 Å². The Morgan fingerprint density at radius 3 is 2.68 bits per heavy atom. The summed E-state index contributed by atoms with van der Waals surface area (Å²) in [6.07, 6.45) is 9.06. The summed E-state index contributed by atoms with van der Waals surface area (Å²) >= 11 is -0.561. The zero-order chi connectivity index (χ0) is 14.9. The molecule has 0 heterocycles. The molecule has 0 saturated carbocycles. The van der Waals surface area contributed by atoms with Crippen molar-refractivity contribution in [3.8, 4) is 11.1 Å². The summed E-state index contributed by atoms with van der Waals surface area (Å²) < 4.78 is 3.28. The van der Waals surface area contributed by atoms with Crippen molar-refractivity contribution in [1.29, 1.82) is 0 Å². The summed E-state index contributed by atoms with van der Waals surface area (Å²) in [5.74, 6) is 0. The molecule has 0 amide bonds. The van der Waals surface area contributed by atoms with Gasteiger partial charge in [0.2, 0.25) is 0 Å². The minimum atomic E-state index is -0.561. The fourth-order valence-corrected chi connectivity index (χ4v) is 6.99. The molecule has 22 heavy (non-hydrogen) atoms. The molecule has 107 valence electrons. The van der Waals surface area contributed by atoms with Crippen molar-refractivity contribution in [3.05, 3.63) is 77.4 Å². The molecule has 0 fully saturated rings. The zero-order valence-corrected chi connectivity index (χ0v) is 15.3. The van der Waals surface area contributed by atoms with Crippen LogP contribution in [0.1, 0.15) is 40.1 Å². The van der Waals surface area contributed by atoms with Gasteiger partial charge in [-0.05, 0) is 0 Å². The molecule has 0 spiro atoms. The van der Waals surface area contributed by atoms with Crippen LogP contribution in [0.5, 0.6) is 0 Å². The molecule has 1 unspecified atom stereocenters. The molecular formula is C21H19Zr. The quantitative estimate of drug-likeness (QED) is 0.686. The normalized spacial score (nSPS) is 18.2. The molecule has 0 nitrogen and oxygen atoms in total. The van der Waals surface area contributed by atoms with Gasteiger partial charge in [-0.15, -0.1) is 0 Å². The molecule has 4 rings (SSSR count). The molecular weight excluding hydrogens is 343 g/mol. The number of allylic oxidation sites excluding steroid dienone is 4. The molecule has 0 saturated heterocycles. The molecule has 0 aliphatic heterocycles. The van der Waals surface area contributed by atoms with Crippen molar-refractivity contribution in [2.24, 2.45) is 0 Å². The summed E-state index contributed by atoms with van der Waals surface area (Å²) in [7, 11) is 0. The molecule has 0 aromatic heterocycles. The van der Waals surface area contributed by atoms with Gasteiger partial charge in [-0.2, -0.15) is 0 Å². The Kier molecular flexibility index (Phi) is 3.93. The van der Waals surface area contributed by atoms with Gasteiger partial charge < -0.3 is 0 Å². The van der Waals surface area contributed by atoms with Gasteiger partial charge in [-0.25, -0.2) is 0 Å². The Morgan fingerprint density at radius 1 is 1.05 bits per heavy atom. The Hall–Kier alpha value is -1.33. The van der Waals surface area contributed by atoms with Crippen LogP contribution in [0.3, 0.4) is 0 Å². The first-order valence-electron chi connectivity index (χ1n) is 8.06. The van der Waals surface area contributed by atoms with Crippen molar-refractivity contribution >= 4 is 9.28 Å². The van der Waals surface area contributed by atoms with Crippen molar-refractivity contribution < 1.29 is 22.8 Å². The fraction of sp³-hybridized carbons (Fsp3) is 0.190. The second-order valence-electron chi connectivity index (χ2n) is 5.89. The van der Waals surface area contributed by atoms with E-state index in [-0.39, 0.29) is 0 Å². The third kappa shape index (κ3) is 2.27. The molecule has 2 aromatic carbocycles. The van der Waals surface area contributed by atoms with E-state index >= 15 is 0 Å². The van der Waals surface area contributed by atoms with E-state index in [1.807, 2.05) is 0 Å². The number of rotatable bonds is 3. The summed E-state index contributed by atoms with van der Waals surface area (Å²) in [4.78, 5) is 0. The molecule has 1 heteroatoms. The minimum absolute atomic E-state index is 0.561. The van der Waals surface area contributed by atoms with Crippen molar-refractivity contribution in [2.75, 3.05) is 0 Å². The third-order valence-electron chi connectivity index (χ3n) is 4.56. The van der Waals surface area contributed by atoms with Crippen molar-refractivity contribution in [2.45, 2.75) is 23.4 Å². The van der Waals surface area contributed by atoms with Gasteiger partial charge in [-0.1, -0.05) is 0 Å². The third-order valence-corrected chi connectivity index (χ3v) is 8.44. The van der Waals surface area contributed by atoms with E-state index in [1.165, 1.54) is 28.7 Å². The van der Waals surface area contributed by atoms with Crippen LogP contribution in [0, 0.1) is 0 Å². The van der Waals surface area contributed by atoms with Crippen LogP contribution < -0.4 is 0 Å². The molecule has 2 aliphatic carbocycles. The fourth-order valence-electron chi connectivity index (χ4n) is 3.60. The Balaban J connectivity index is 1.94. The van der Waals surface area contributed by atoms with Crippen LogP contribution in [0.15, 0.2) is 60.7 Å². The zero-order valence-electron chi connectivity index (χ0n) is 12.8. The molecule has 0 N–H and O–H groups in total. The van der Waals surface area contributed by atoms with Gasteiger partial charge in [0.1, 0.15) is 0 Å². The second-order valence-corrected chi connectivity index (χ2v) is 9.13.